The molecule has 2 amide bonds. The second kappa shape index (κ2) is 7.75. The molecular weight excluding hydrogens is 464 g/mol. The first-order valence-electron chi connectivity index (χ1n) is 10.8. The van der Waals surface area contributed by atoms with Crippen molar-refractivity contribution in [2.45, 2.75) is 24.3 Å². The van der Waals surface area contributed by atoms with Gasteiger partial charge in [-0.2, -0.15) is 4.31 Å². The first-order chi connectivity index (χ1) is 15.6. The lowest BCUT2D eigenvalue weighted by molar-refractivity contribution is -0.138. The average Bonchev–Trinajstić information content (AvgIpc) is 3.28. The highest BCUT2D eigenvalue weighted by Crippen LogP contribution is 2.55. The Morgan fingerprint density at radius 3 is 2.27 bits per heavy atom. The molecule has 1 aliphatic carbocycles. The highest BCUT2D eigenvalue weighted by atomic mass is 35.5. The Labute approximate surface area is 197 Å². The molecule has 2 heterocycles. The van der Waals surface area contributed by atoms with E-state index in [-0.39, 0.29) is 35.5 Å². The quantitative estimate of drug-likeness (QED) is 0.622. The summed E-state index contributed by atoms with van der Waals surface area (Å²) in [6, 6.07) is 12.5. The van der Waals surface area contributed by atoms with Crippen LogP contribution >= 0.6 is 11.6 Å². The van der Waals surface area contributed by atoms with Gasteiger partial charge in [0, 0.05) is 31.0 Å². The minimum atomic E-state index is -4.01. The molecule has 0 radical (unpaired) electrons. The molecule has 7 nitrogen and oxygen atoms in total. The van der Waals surface area contributed by atoms with Gasteiger partial charge in [0.15, 0.2) is 0 Å². The van der Waals surface area contributed by atoms with Crippen molar-refractivity contribution >= 4 is 39.2 Å². The third-order valence-corrected chi connectivity index (χ3v) is 9.51. The standard InChI is InChI=1S/C24H23ClN2O5S/c1-13-7-9-14(10-8-13)33(31,32)27-12-17-20-16(23(29)26(2)24(20)30)11-19(28)21(17)22(27)15-5-3-4-6-18(15)25/h3-10,16-17,20-22H,11-12H2,1-2H3/t16-,17-,20-,21-,22-/m0/s1. The number of Topliss-reactive ketones (excluding diaryl/α,β-unsaturated/α-hetero) is 1. The lowest BCUT2D eigenvalue weighted by atomic mass is 9.66. The third-order valence-electron chi connectivity index (χ3n) is 7.31. The largest absolute Gasteiger partial charge is 0.299 e. The number of carbonyl (C=O) groups is 3. The van der Waals surface area contributed by atoms with E-state index in [4.69, 9.17) is 11.6 Å². The number of imide groups is 1. The van der Waals surface area contributed by atoms with Crippen LogP contribution in [0.25, 0.3) is 0 Å². The molecule has 2 saturated heterocycles. The number of benzene rings is 2. The molecule has 5 rings (SSSR count). The summed E-state index contributed by atoms with van der Waals surface area (Å²) in [5.41, 5.74) is 1.45. The number of hydrogen-bond donors (Lipinski definition) is 0. The van der Waals surface area contributed by atoms with Crippen molar-refractivity contribution in [3.8, 4) is 0 Å². The van der Waals surface area contributed by atoms with Crippen LogP contribution in [0.3, 0.4) is 0 Å². The minimum absolute atomic E-state index is 0.0312. The summed E-state index contributed by atoms with van der Waals surface area (Å²) in [6.07, 6.45) is -0.0693. The smallest absolute Gasteiger partial charge is 0.243 e. The molecular formula is C24H23ClN2O5S. The minimum Gasteiger partial charge on any atom is -0.299 e. The van der Waals surface area contributed by atoms with Crippen LogP contribution in [0.15, 0.2) is 53.4 Å². The number of carbonyl (C=O) groups excluding carboxylic acids is 3. The molecule has 0 aromatic heterocycles. The van der Waals surface area contributed by atoms with Crippen LogP contribution in [0, 0.1) is 30.6 Å². The fraction of sp³-hybridized carbons (Fsp3) is 0.375. The van der Waals surface area contributed by atoms with E-state index in [1.54, 1.807) is 48.5 Å². The first kappa shape index (κ1) is 22.3. The van der Waals surface area contributed by atoms with Gasteiger partial charge in [0.1, 0.15) is 5.78 Å². The van der Waals surface area contributed by atoms with Crippen molar-refractivity contribution in [2.24, 2.45) is 23.7 Å². The lowest BCUT2D eigenvalue weighted by Gasteiger charge is -2.34. The maximum Gasteiger partial charge on any atom is 0.243 e. The van der Waals surface area contributed by atoms with Gasteiger partial charge in [-0.25, -0.2) is 8.42 Å². The van der Waals surface area contributed by atoms with Crippen molar-refractivity contribution in [3.05, 3.63) is 64.7 Å². The third kappa shape index (κ3) is 3.26. The summed E-state index contributed by atoms with van der Waals surface area (Å²) in [7, 11) is -2.59. The topological polar surface area (TPSA) is 91.8 Å². The molecule has 9 heteroatoms. The van der Waals surface area contributed by atoms with Gasteiger partial charge in [0.05, 0.1) is 22.8 Å². The van der Waals surface area contributed by atoms with E-state index < -0.39 is 39.7 Å². The van der Waals surface area contributed by atoms with E-state index in [2.05, 4.69) is 0 Å². The lowest BCUT2D eigenvalue weighted by Crippen LogP contribution is -2.42. The Bertz CT molecular complexity index is 1280. The number of ketones is 1. The molecule has 5 atom stereocenters. The van der Waals surface area contributed by atoms with Gasteiger partial charge >= 0.3 is 0 Å². The molecule has 2 aliphatic heterocycles. The van der Waals surface area contributed by atoms with Crippen LogP contribution in [0.1, 0.15) is 23.6 Å². The second-order valence-corrected chi connectivity index (χ2v) is 11.4. The van der Waals surface area contributed by atoms with Crippen LogP contribution in [0.5, 0.6) is 0 Å². The fourth-order valence-electron chi connectivity index (χ4n) is 5.71. The van der Waals surface area contributed by atoms with Crippen molar-refractivity contribution in [2.75, 3.05) is 13.6 Å². The summed E-state index contributed by atoms with van der Waals surface area (Å²) in [5, 5.41) is 0.355. The molecule has 0 spiro atoms. The van der Waals surface area contributed by atoms with Gasteiger partial charge in [0.25, 0.3) is 0 Å². The highest BCUT2D eigenvalue weighted by molar-refractivity contribution is 7.89. The Balaban J connectivity index is 1.67. The number of aryl methyl sites for hydroxylation is 1. The van der Waals surface area contributed by atoms with Crippen LogP contribution in [0.2, 0.25) is 5.02 Å². The van der Waals surface area contributed by atoms with E-state index in [1.165, 1.54) is 11.4 Å². The van der Waals surface area contributed by atoms with Crippen LogP contribution < -0.4 is 0 Å². The summed E-state index contributed by atoms with van der Waals surface area (Å²) in [4.78, 5) is 40.2. The van der Waals surface area contributed by atoms with Crippen LogP contribution in [0.4, 0.5) is 0 Å². The van der Waals surface area contributed by atoms with Gasteiger partial charge in [-0.1, -0.05) is 47.5 Å². The number of amides is 2. The second-order valence-electron chi connectivity index (χ2n) is 9.08. The van der Waals surface area contributed by atoms with E-state index in [9.17, 15) is 22.8 Å². The molecule has 3 fully saturated rings. The predicted octanol–water partition coefficient (Wildman–Crippen LogP) is 2.83. The van der Waals surface area contributed by atoms with Crippen LogP contribution in [-0.4, -0.2) is 48.8 Å². The molecule has 2 aromatic carbocycles. The number of fused-ring (bicyclic) bond motifs is 3. The number of sulfonamides is 1. The van der Waals surface area contributed by atoms with Gasteiger partial charge in [0.2, 0.25) is 21.8 Å². The first-order valence-corrected chi connectivity index (χ1v) is 12.6. The number of hydrogen-bond acceptors (Lipinski definition) is 5. The SMILES string of the molecule is Cc1ccc(S(=O)(=O)N2C[C@H]3[C@H]4C(=O)N(C)C(=O)[C@H]4CC(=O)[C@H]3[C@@H]2c2ccccc2Cl)cc1. The number of nitrogens with zero attached hydrogens (tertiary/aromatic N) is 2. The fourth-order valence-corrected chi connectivity index (χ4v) is 7.62. The number of rotatable bonds is 3. The zero-order chi connectivity index (χ0) is 23.7. The van der Waals surface area contributed by atoms with Crippen LogP contribution in [-0.2, 0) is 24.4 Å². The van der Waals surface area contributed by atoms with Crippen molar-refractivity contribution < 1.29 is 22.8 Å². The van der Waals surface area contributed by atoms with Crippen molar-refractivity contribution in [3.63, 3.8) is 0 Å². The predicted molar refractivity (Wildman–Crippen MR) is 121 cm³/mol. The molecule has 0 bridgehead atoms. The summed E-state index contributed by atoms with van der Waals surface area (Å²) < 4.78 is 28.9. The molecule has 33 heavy (non-hydrogen) atoms. The molecule has 2 aromatic rings. The molecule has 172 valence electrons. The molecule has 3 aliphatic rings. The van der Waals surface area contributed by atoms with E-state index in [1.807, 2.05) is 6.92 Å². The molecule has 1 saturated carbocycles. The average molecular weight is 487 g/mol. The van der Waals surface area contributed by atoms with E-state index in [0.29, 0.717) is 10.6 Å². The zero-order valence-corrected chi connectivity index (χ0v) is 19.7. The summed E-state index contributed by atoms with van der Waals surface area (Å²) in [6.45, 7) is 1.84. The Hall–Kier alpha value is -2.55. The summed E-state index contributed by atoms with van der Waals surface area (Å²) >= 11 is 6.49. The number of likely N-dealkylation sites (tertiary alicyclic amines) is 1. The van der Waals surface area contributed by atoms with E-state index in [0.717, 1.165) is 10.5 Å². The van der Waals surface area contributed by atoms with E-state index >= 15 is 0 Å². The Morgan fingerprint density at radius 2 is 1.61 bits per heavy atom. The van der Waals surface area contributed by atoms with Gasteiger partial charge in [-0.05, 0) is 36.6 Å². The van der Waals surface area contributed by atoms with Gasteiger partial charge < -0.3 is 0 Å². The summed E-state index contributed by atoms with van der Waals surface area (Å²) in [5.74, 6) is -3.72. The molecule has 0 unspecified atom stereocenters. The Kier molecular flexibility index (Phi) is 5.23. The normalized spacial score (nSPS) is 30.0. The molecule has 0 N–H and O–H groups in total. The maximum absolute atomic E-state index is 13.8. The van der Waals surface area contributed by atoms with Gasteiger partial charge in [-0.15, -0.1) is 0 Å². The van der Waals surface area contributed by atoms with Gasteiger partial charge in [-0.3, -0.25) is 19.3 Å². The van der Waals surface area contributed by atoms with Crippen molar-refractivity contribution in [1.82, 2.24) is 9.21 Å². The maximum atomic E-state index is 13.8. The Morgan fingerprint density at radius 1 is 0.939 bits per heavy atom. The highest BCUT2D eigenvalue weighted by Gasteiger charge is 2.63. The number of halogens is 1. The zero-order valence-electron chi connectivity index (χ0n) is 18.1. The van der Waals surface area contributed by atoms with Crippen molar-refractivity contribution in [1.29, 1.82) is 0 Å². The monoisotopic (exact) mass is 486 g/mol.